The smallest absolute Gasteiger partial charge is 0.238 e. The van der Waals surface area contributed by atoms with Gasteiger partial charge in [0.25, 0.3) is 0 Å². The van der Waals surface area contributed by atoms with Gasteiger partial charge in [-0.15, -0.1) is 11.3 Å². The van der Waals surface area contributed by atoms with Gasteiger partial charge in [0.1, 0.15) is 5.58 Å². The molecule has 2 heterocycles. The number of carbonyl (C=O) groups excluding carboxylic acids is 1. The molecule has 3 aromatic rings. The molecule has 2 aromatic heterocycles. The van der Waals surface area contributed by atoms with Crippen molar-refractivity contribution in [3.8, 4) is 0 Å². The summed E-state index contributed by atoms with van der Waals surface area (Å²) in [6, 6.07) is 9.69. The van der Waals surface area contributed by atoms with Gasteiger partial charge in [0.2, 0.25) is 5.78 Å². The van der Waals surface area contributed by atoms with Crippen LogP contribution in [0.2, 0.25) is 0 Å². The Bertz CT molecular complexity index is 734. The van der Waals surface area contributed by atoms with Crippen LogP contribution in [0.15, 0.2) is 40.1 Å². The first-order valence-corrected chi connectivity index (χ1v) is 6.63. The van der Waals surface area contributed by atoms with Gasteiger partial charge >= 0.3 is 0 Å². The number of para-hydroxylation sites is 1. The van der Waals surface area contributed by atoms with Crippen molar-refractivity contribution in [2.75, 3.05) is 0 Å². The van der Waals surface area contributed by atoms with Crippen LogP contribution >= 0.6 is 11.3 Å². The summed E-state index contributed by atoms with van der Waals surface area (Å²) in [5.74, 6) is 0.443. The minimum Gasteiger partial charge on any atom is -0.452 e. The second-order valence-corrected chi connectivity index (χ2v) is 5.23. The van der Waals surface area contributed by atoms with Crippen molar-refractivity contribution in [3.05, 3.63) is 57.5 Å². The Hall–Kier alpha value is -1.87. The van der Waals surface area contributed by atoms with E-state index in [-0.39, 0.29) is 5.78 Å². The molecule has 0 radical (unpaired) electrons. The van der Waals surface area contributed by atoms with Gasteiger partial charge in [0.05, 0.1) is 4.88 Å². The van der Waals surface area contributed by atoms with Crippen LogP contribution in [-0.4, -0.2) is 5.78 Å². The second-order valence-electron chi connectivity index (χ2n) is 4.31. The van der Waals surface area contributed by atoms with Crippen molar-refractivity contribution in [2.24, 2.45) is 0 Å². The Labute approximate surface area is 109 Å². The monoisotopic (exact) mass is 256 g/mol. The van der Waals surface area contributed by atoms with Crippen molar-refractivity contribution < 1.29 is 9.21 Å². The fraction of sp³-hybridized carbons (Fsp3) is 0.133. The first kappa shape index (κ1) is 11.2. The summed E-state index contributed by atoms with van der Waals surface area (Å²) in [4.78, 5) is 13.2. The molecule has 0 fully saturated rings. The summed E-state index contributed by atoms with van der Waals surface area (Å²) >= 11 is 1.46. The van der Waals surface area contributed by atoms with Gasteiger partial charge < -0.3 is 4.42 Å². The SMILES string of the molecule is Cc1ccsc1C(=O)c1oc2ccccc2c1C. The maximum Gasteiger partial charge on any atom is 0.238 e. The van der Waals surface area contributed by atoms with Crippen LogP contribution in [-0.2, 0) is 0 Å². The summed E-state index contributed by atoms with van der Waals surface area (Å²) in [7, 11) is 0. The molecular weight excluding hydrogens is 244 g/mol. The zero-order valence-electron chi connectivity index (χ0n) is 10.2. The van der Waals surface area contributed by atoms with Crippen LogP contribution < -0.4 is 0 Å². The lowest BCUT2D eigenvalue weighted by atomic mass is 10.1. The standard InChI is InChI=1S/C15H12O2S/c1-9-7-8-18-15(9)13(16)14-10(2)11-5-3-4-6-12(11)17-14/h3-8H,1-2H3. The molecule has 1 aromatic carbocycles. The van der Waals surface area contributed by atoms with E-state index in [0.717, 1.165) is 27.0 Å². The fourth-order valence-corrected chi connectivity index (χ4v) is 2.96. The number of ketones is 1. The average molecular weight is 256 g/mol. The number of hydrogen-bond acceptors (Lipinski definition) is 3. The maximum absolute atomic E-state index is 12.4. The molecule has 0 N–H and O–H groups in total. The van der Waals surface area contributed by atoms with E-state index in [2.05, 4.69) is 0 Å². The lowest BCUT2D eigenvalue weighted by Crippen LogP contribution is -2.00. The van der Waals surface area contributed by atoms with E-state index in [1.165, 1.54) is 11.3 Å². The minimum atomic E-state index is -0.0174. The molecular formula is C15H12O2S. The highest BCUT2D eigenvalue weighted by Crippen LogP contribution is 2.28. The number of hydrogen-bond donors (Lipinski definition) is 0. The highest BCUT2D eigenvalue weighted by atomic mass is 32.1. The third-order valence-corrected chi connectivity index (χ3v) is 4.13. The highest BCUT2D eigenvalue weighted by Gasteiger charge is 2.21. The summed E-state index contributed by atoms with van der Waals surface area (Å²) in [6.45, 7) is 3.88. The quantitative estimate of drug-likeness (QED) is 0.638. The molecule has 0 atom stereocenters. The number of aryl methyl sites for hydroxylation is 2. The predicted octanol–water partition coefficient (Wildman–Crippen LogP) is 4.34. The van der Waals surface area contributed by atoms with Crippen LogP contribution in [0, 0.1) is 13.8 Å². The molecule has 0 amide bonds. The molecule has 0 unspecified atom stereocenters. The van der Waals surface area contributed by atoms with Gasteiger partial charge in [-0.1, -0.05) is 18.2 Å². The molecule has 0 aliphatic carbocycles. The highest BCUT2D eigenvalue weighted by molar-refractivity contribution is 7.12. The normalized spacial score (nSPS) is 11.0. The average Bonchev–Trinajstić information content (AvgIpc) is 2.94. The lowest BCUT2D eigenvalue weighted by molar-refractivity contribution is 0.101. The Morgan fingerprint density at radius 2 is 1.94 bits per heavy atom. The van der Waals surface area contributed by atoms with E-state index in [9.17, 15) is 4.79 Å². The Kier molecular flexibility index (Phi) is 2.56. The fourth-order valence-electron chi connectivity index (χ4n) is 2.10. The number of furan rings is 1. The maximum atomic E-state index is 12.4. The first-order valence-electron chi connectivity index (χ1n) is 5.75. The molecule has 0 bridgehead atoms. The van der Waals surface area contributed by atoms with Crippen molar-refractivity contribution in [1.29, 1.82) is 0 Å². The molecule has 3 heteroatoms. The summed E-state index contributed by atoms with van der Waals surface area (Å²) in [5, 5.41) is 2.94. The molecule has 0 saturated heterocycles. The van der Waals surface area contributed by atoms with Crippen LogP contribution in [0.1, 0.15) is 26.6 Å². The van der Waals surface area contributed by atoms with Gasteiger partial charge in [-0.05, 0) is 36.9 Å². The molecule has 0 spiro atoms. The number of benzene rings is 1. The second kappa shape index (κ2) is 4.10. The largest absolute Gasteiger partial charge is 0.452 e. The van der Waals surface area contributed by atoms with Crippen molar-refractivity contribution in [3.63, 3.8) is 0 Å². The van der Waals surface area contributed by atoms with Crippen LogP contribution in [0.3, 0.4) is 0 Å². The van der Waals surface area contributed by atoms with Gasteiger partial charge in [-0.2, -0.15) is 0 Å². The predicted molar refractivity (Wildman–Crippen MR) is 73.4 cm³/mol. The number of fused-ring (bicyclic) bond motifs is 1. The first-order chi connectivity index (χ1) is 8.68. The summed E-state index contributed by atoms with van der Waals surface area (Å²) in [5.41, 5.74) is 2.70. The zero-order valence-corrected chi connectivity index (χ0v) is 11.0. The van der Waals surface area contributed by atoms with Crippen LogP contribution in [0.25, 0.3) is 11.0 Å². The zero-order chi connectivity index (χ0) is 12.7. The minimum absolute atomic E-state index is 0.0174. The molecule has 0 aliphatic heterocycles. The van der Waals surface area contributed by atoms with Gasteiger partial charge in [-0.25, -0.2) is 0 Å². The van der Waals surface area contributed by atoms with E-state index in [4.69, 9.17) is 4.42 Å². The summed E-state index contributed by atoms with van der Waals surface area (Å²) in [6.07, 6.45) is 0. The molecule has 3 rings (SSSR count). The van der Waals surface area contributed by atoms with Crippen molar-refractivity contribution >= 4 is 28.1 Å². The number of rotatable bonds is 2. The Morgan fingerprint density at radius 3 is 2.61 bits per heavy atom. The van der Waals surface area contributed by atoms with Crippen molar-refractivity contribution in [2.45, 2.75) is 13.8 Å². The molecule has 0 saturated carbocycles. The van der Waals surface area contributed by atoms with E-state index in [1.807, 2.05) is 49.6 Å². The molecule has 2 nitrogen and oxygen atoms in total. The summed E-state index contributed by atoms with van der Waals surface area (Å²) < 4.78 is 5.70. The third kappa shape index (κ3) is 1.59. The number of carbonyl (C=O) groups is 1. The molecule has 18 heavy (non-hydrogen) atoms. The number of thiophene rings is 1. The van der Waals surface area contributed by atoms with Crippen LogP contribution in [0.5, 0.6) is 0 Å². The van der Waals surface area contributed by atoms with Gasteiger partial charge in [0.15, 0.2) is 5.76 Å². The molecule has 90 valence electrons. The third-order valence-electron chi connectivity index (χ3n) is 3.12. The van der Waals surface area contributed by atoms with Gasteiger partial charge in [0, 0.05) is 10.9 Å². The van der Waals surface area contributed by atoms with E-state index in [1.54, 1.807) is 0 Å². The van der Waals surface area contributed by atoms with E-state index >= 15 is 0 Å². The van der Waals surface area contributed by atoms with Gasteiger partial charge in [-0.3, -0.25) is 4.79 Å². The van der Waals surface area contributed by atoms with Crippen molar-refractivity contribution in [1.82, 2.24) is 0 Å². The topological polar surface area (TPSA) is 30.2 Å². The van der Waals surface area contributed by atoms with E-state index < -0.39 is 0 Å². The van der Waals surface area contributed by atoms with E-state index in [0.29, 0.717) is 5.76 Å². The lowest BCUT2D eigenvalue weighted by Gasteiger charge is -1.97. The molecule has 0 aliphatic rings. The Morgan fingerprint density at radius 1 is 1.17 bits per heavy atom. The van der Waals surface area contributed by atoms with Crippen LogP contribution in [0.4, 0.5) is 0 Å². The Balaban J connectivity index is 2.18.